The Labute approximate surface area is 126 Å². The summed E-state index contributed by atoms with van der Waals surface area (Å²) in [5.41, 5.74) is 4.04. The Balaban J connectivity index is 2.06. The van der Waals surface area contributed by atoms with Crippen molar-refractivity contribution in [1.82, 2.24) is 9.88 Å². The number of hydrogen-bond acceptors (Lipinski definition) is 1. The molecule has 0 spiro atoms. The van der Waals surface area contributed by atoms with Crippen molar-refractivity contribution < 1.29 is 0 Å². The van der Waals surface area contributed by atoms with Crippen molar-refractivity contribution in [2.75, 3.05) is 0 Å². The fraction of sp³-hybridized carbons (Fsp3) is 0.368. The third-order valence-electron chi connectivity index (χ3n) is 4.42. The molecule has 0 fully saturated rings. The molecule has 110 valence electrons. The van der Waals surface area contributed by atoms with Crippen LogP contribution in [0.25, 0.3) is 21.8 Å². The zero-order chi connectivity index (χ0) is 14.8. The van der Waals surface area contributed by atoms with Gasteiger partial charge >= 0.3 is 0 Å². The van der Waals surface area contributed by atoms with Gasteiger partial charge in [0.25, 0.3) is 0 Å². The average Bonchev–Trinajstić information content (AvgIpc) is 2.85. The minimum Gasteiger partial charge on any atom is -0.341 e. The van der Waals surface area contributed by atoms with Gasteiger partial charge in [0.15, 0.2) is 0 Å². The number of para-hydroxylation sites is 1. The minimum absolute atomic E-state index is 0.567. The molecule has 0 unspecified atom stereocenters. The molecule has 0 aliphatic carbocycles. The number of benzene rings is 2. The fourth-order valence-electron chi connectivity index (χ4n) is 2.99. The number of aryl methyl sites for hydroxylation is 1. The van der Waals surface area contributed by atoms with E-state index in [-0.39, 0.29) is 0 Å². The molecule has 3 aromatic rings. The number of hydrogen-bond donors (Lipinski definition) is 1. The second-order valence-corrected chi connectivity index (χ2v) is 5.80. The average molecular weight is 280 g/mol. The summed E-state index contributed by atoms with van der Waals surface area (Å²) < 4.78 is 2.40. The zero-order valence-corrected chi connectivity index (χ0v) is 13.2. The molecule has 0 bridgehead atoms. The number of aromatic nitrogens is 1. The van der Waals surface area contributed by atoms with Gasteiger partial charge < -0.3 is 9.88 Å². The maximum Gasteiger partial charge on any atom is 0.0491 e. The maximum absolute atomic E-state index is 3.58. The summed E-state index contributed by atoms with van der Waals surface area (Å²) in [5, 5.41) is 6.31. The lowest BCUT2D eigenvalue weighted by atomic mass is 10.1. The molecule has 0 aliphatic rings. The van der Waals surface area contributed by atoms with Gasteiger partial charge in [-0.05, 0) is 44.0 Å². The van der Waals surface area contributed by atoms with Crippen LogP contribution in [0, 0.1) is 0 Å². The molecular formula is C19H24N2. The number of rotatable bonds is 5. The molecule has 0 saturated carbocycles. The van der Waals surface area contributed by atoms with Crippen LogP contribution in [-0.4, -0.2) is 10.6 Å². The van der Waals surface area contributed by atoms with Crippen molar-refractivity contribution in [3.8, 4) is 0 Å². The maximum atomic E-state index is 3.58. The first-order valence-corrected chi connectivity index (χ1v) is 7.97. The molecule has 0 radical (unpaired) electrons. The second-order valence-electron chi connectivity index (χ2n) is 5.80. The Morgan fingerprint density at radius 1 is 1.00 bits per heavy atom. The topological polar surface area (TPSA) is 17.0 Å². The number of nitrogens with one attached hydrogen (secondary N) is 1. The first kappa shape index (κ1) is 14.2. The molecule has 2 nitrogen and oxygen atoms in total. The highest BCUT2D eigenvalue weighted by molar-refractivity contribution is 6.08. The van der Waals surface area contributed by atoms with E-state index in [0.717, 1.165) is 19.5 Å². The number of nitrogens with zero attached hydrogens (tertiary/aromatic N) is 1. The van der Waals surface area contributed by atoms with E-state index >= 15 is 0 Å². The standard InChI is InChI=1S/C19H24N2/c1-4-14(3)20-13-15-10-11-19-17(12-15)16-8-6-7-9-18(16)21(19)5-2/h6-12,14,20H,4-5,13H2,1-3H3/t14-/m1/s1. The molecule has 1 aromatic heterocycles. The molecule has 1 heterocycles. The monoisotopic (exact) mass is 280 g/mol. The van der Waals surface area contributed by atoms with Crippen LogP contribution in [0.2, 0.25) is 0 Å². The van der Waals surface area contributed by atoms with E-state index in [1.54, 1.807) is 0 Å². The van der Waals surface area contributed by atoms with Crippen LogP contribution in [0.4, 0.5) is 0 Å². The largest absolute Gasteiger partial charge is 0.341 e. The van der Waals surface area contributed by atoms with E-state index in [9.17, 15) is 0 Å². The van der Waals surface area contributed by atoms with Crippen molar-refractivity contribution in [3.63, 3.8) is 0 Å². The van der Waals surface area contributed by atoms with Crippen molar-refractivity contribution in [2.45, 2.75) is 46.3 Å². The lowest BCUT2D eigenvalue weighted by Crippen LogP contribution is -2.24. The van der Waals surface area contributed by atoms with Crippen molar-refractivity contribution in [1.29, 1.82) is 0 Å². The van der Waals surface area contributed by atoms with Crippen LogP contribution in [0.5, 0.6) is 0 Å². The molecule has 2 heteroatoms. The summed E-state index contributed by atoms with van der Waals surface area (Å²) in [6.45, 7) is 8.62. The molecule has 21 heavy (non-hydrogen) atoms. The van der Waals surface area contributed by atoms with Crippen LogP contribution in [0.15, 0.2) is 42.5 Å². The first-order valence-electron chi connectivity index (χ1n) is 7.97. The third-order valence-corrected chi connectivity index (χ3v) is 4.42. The quantitative estimate of drug-likeness (QED) is 0.716. The second kappa shape index (κ2) is 5.90. The molecule has 0 aliphatic heterocycles. The van der Waals surface area contributed by atoms with E-state index in [1.807, 2.05) is 0 Å². The summed E-state index contributed by atoms with van der Waals surface area (Å²) in [7, 11) is 0. The fourth-order valence-corrected chi connectivity index (χ4v) is 2.99. The van der Waals surface area contributed by atoms with E-state index in [1.165, 1.54) is 27.4 Å². The lowest BCUT2D eigenvalue weighted by Gasteiger charge is -2.11. The van der Waals surface area contributed by atoms with Crippen molar-refractivity contribution >= 4 is 21.8 Å². The van der Waals surface area contributed by atoms with E-state index in [2.05, 4.69) is 73.1 Å². The molecule has 1 atom stereocenters. The predicted octanol–water partition coefficient (Wildman–Crippen LogP) is 4.70. The SMILES string of the molecule is CC[C@@H](C)NCc1ccc2c(c1)c1ccccc1n2CC. The Morgan fingerprint density at radius 2 is 1.76 bits per heavy atom. The Hall–Kier alpha value is -1.80. The molecular weight excluding hydrogens is 256 g/mol. The molecule has 3 rings (SSSR count). The van der Waals surface area contributed by atoms with Crippen LogP contribution in [-0.2, 0) is 13.1 Å². The Bertz CT molecular complexity index is 755. The van der Waals surface area contributed by atoms with Crippen molar-refractivity contribution in [3.05, 3.63) is 48.0 Å². The van der Waals surface area contributed by atoms with Gasteiger partial charge in [0.2, 0.25) is 0 Å². The molecule has 0 saturated heterocycles. The van der Waals surface area contributed by atoms with Crippen LogP contribution >= 0.6 is 0 Å². The summed E-state index contributed by atoms with van der Waals surface area (Å²) in [5.74, 6) is 0. The first-order chi connectivity index (χ1) is 10.2. The highest BCUT2D eigenvalue weighted by Crippen LogP contribution is 2.29. The van der Waals surface area contributed by atoms with Gasteiger partial charge in [-0.3, -0.25) is 0 Å². The van der Waals surface area contributed by atoms with Crippen molar-refractivity contribution in [2.24, 2.45) is 0 Å². The van der Waals surface area contributed by atoms with E-state index in [0.29, 0.717) is 6.04 Å². The van der Waals surface area contributed by atoms with Gasteiger partial charge in [-0.2, -0.15) is 0 Å². The molecule has 0 amide bonds. The molecule has 1 N–H and O–H groups in total. The minimum atomic E-state index is 0.567. The Kier molecular flexibility index (Phi) is 3.98. The number of fused-ring (bicyclic) bond motifs is 3. The summed E-state index contributed by atoms with van der Waals surface area (Å²) in [6, 6.07) is 16.1. The highest BCUT2D eigenvalue weighted by Gasteiger charge is 2.09. The Morgan fingerprint density at radius 3 is 2.52 bits per heavy atom. The summed E-state index contributed by atoms with van der Waals surface area (Å²) in [6.07, 6.45) is 1.16. The molecule has 2 aromatic carbocycles. The van der Waals surface area contributed by atoms with Gasteiger partial charge in [0, 0.05) is 40.9 Å². The highest BCUT2D eigenvalue weighted by atomic mass is 15.0. The predicted molar refractivity (Wildman–Crippen MR) is 91.7 cm³/mol. The summed E-state index contributed by atoms with van der Waals surface area (Å²) >= 11 is 0. The van der Waals surface area contributed by atoms with E-state index < -0.39 is 0 Å². The van der Waals surface area contributed by atoms with Gasteiger partial charge in [-0.15, -0.1) is 0 Å². The van der Waals surface area contributed by atoms with Crippen LogP contribution < -0.4 is 5.32 Å². The van der Waals surface area contributed by atoms with Gasteiger partial charge in [0.05, 0.1) is 0 Å². The van der Waals surface area contributed by atoms with Crippen LogP contribution in [0.3, 0.4) is 0 Å². The normalized spacial score (nSPS) is 13.1. The van der Waals surface area contributed by atoms with Gasteiger partial charge in [0.1, 0.15) is 0 Å². The van der Waals surface area contributed by atoms with Crippen LogP contribution in [0.1, 0.15) is 32.8 Å². The smallest absolute Gasteiger partial charge is 0.0491 e. The van der Waals surface area contributed by atoms with Gasteiger partial charge in [-0.1, -0.05) is 31.2 Å². The lowest BCUT2D eigenvalue weighted by molar-refractivity contribution is 0.534. The van der Waals surface area contributed by atoms with Gasteiger partial charge in [-0.25, -0.2) is 0 Å². The zero-order valence-electron chi connectivity index (χ0n) is 13.2. The summed E-state index contributed by atoms with van der Waals surface area (Å²) in [4.78, 5) is 0. The van der Waals surface area contributed by atoms with E-state index in [4.69, 9.17) is 0 Å². The third kappa shape index (κ3) is 2.56.